The van der Waals surface area contributed by atoms with E-state index in [1.54, 1.807) is 0 Å². The zero-order valence-electron chi connectivity index (χ0n) is 11.8. The van der Waals surface area contributed by atoms with Gasteiger partial charge in [-0.05, 0) is 43.6 Å². The van der Waals surface area contributed by atoms with Crippen molar-refractivity contribution in [2.24, 2.45) is 0 Å². The van der Waals surface area contributed by atoms with Crippen LogP contribution in [0.4, 0.5) is 5.69 Å². The first-order chi connectivity index (χ1) is 8.90. The van der Waals surface area contributed by atoms with Crippen molar-refractivity contribution in [3.05, 3.63) is 29.8 Å². The van der Waals surface area contributed by atoms with Gasteiger partial charge in [-0.1, -0.05) is 19.1 Å². The summed E-state index contributed by atoms with van der Waals surface area (Å²) in [6, 6.07) is 7.84. The summed E-state index contributed by atoms with van der Waals surface area (Å²) in [5, 5.41) is 0. The van der Waals surface area contributed by atoms with Gasteiger partial charge in [0.1, 0.15) is 9.84 Å². The Morgan fingerprint density at radius 2 is 1.79 bits per heavy atom. The van der Waals surface area contributed by atoms with E-state index in [0.717, 1.165) is 31.7 Å². The van der Waals surface area contributed by atoms with E-state index in [1.165, 1.54) is 11.8 Å². The highest BCUT2D eigenvalue weighted by molar-refractivity contribution is 7.90. The van der Waals surface area contributed by atoms with Gasteiger partial charge >= 0.3 is 0 Å². The van der Waals surface area contributed by atoms with Crippen LogP contribution in [0.3, 0.4) is 0 Å². The molecule has 0 unspecified atom stereocenters. The third kappa shape index (κ3) is 7.18. The van der Waals surface area contributed by atoms with Crippen molar-refractivity contribution in [1.29, 1.82) is 0 Å². The second-order valence-electron chi connectivity index (χ2n) is 5.00. The summed E-state index contributed by atoms with van der Waals surface area (Å²) in [6.07, 6.45) is 3.04. The lowest BCUT2D eigenvalue weighted by molar-refractivity contribution is 0.267. The molecular weight excluding hydrogens is 260 g/mol. The van der Waals surface area contributed by atoms with E-state index in [9.17, 15) is 8.42 Å². The number of nitrogens with zero attached hydrogens (tertiary/aromatic N) is 1. The lowest BCUT2D eigenvalue weighted by Gasteiger charge is -2.21. The predicted octanol–water partition coefficient (Wildman–Crippen LogP) is 1.92. The molecule has 0 bridgehead atoms. The van der Waals surface area contributed by atoms with Crippen LogP contribution in [0.2, 0.25) is 0 Å². The molecule has 1 rings (SSSR count). The maximum absolute atomic E-state index is 11.1. The van der Waals surface area contributed by atoms with Crippen molar-refractivity contribution in [3.8, 4) is 0 Å². The highest BCUT2D eigenvalue weighted by Crippen LogP contribution is 2.09. The summed E-state index contributed by atoms with van der Waals surface area (Å²) in [7, 11) is -2.86. The Bertz CT molecular complexity index is 469. The maximum atomic E-state index is 11.1. The normalized spacial score (nSPS) is 11.9. The summed E-state index contributed by atoms with van der Waals surface area (Å²) in [4.78, 5) is 2.29. The number of nitrogens with two attached hydrogens (primary N) is 1. The molecule has 0 radical (unpaired) electrons. The van der Waals surface area contributed by atoms with Crippen LogP contribution in [0.15, 0.2) is 24.3 Å². The van der Waals surface area contributed by atoms with Gasteiger partial charge in [-0.25, -0.2) is 8.42 Å². The number of benzene rings is 1. The summed E-state index contributed by atoms with van der Waals surface area (Å²) in [5.74, 6) is 0.259. The predicted molar refractivity (Wildman–Crippen MR) is 80.8 cm³/mol. The molecule has 0 heterocycles. The Balaban J connectivity index is 2.50. The Morgan fingerprint density at radius 1 is 1.16 bits per heavy atom. The molecule has 19 heavy (non-hydrogen) atoms. The fourth-order valence-corrected chi connectivity index (χ4v) is 2.67. The van der Waals surface area contributed by atoms with Crippen molar-refractivity contribution in [2.75, 3.05) is 30.8 Å². The fraction of sp³-hybridized carbons (Fsp3) is 0.571. The summed E-state index contributed by atoms with van der Waals surface area (Å²) in [5.41, 5.74) is 7.64. The minimum atomic E-state index is -2.86. The molecule has 0 atom stereocenters. The molecule has 108 valence electrons. The molecule has 0 aliphatic carbocycles. The molecule has 0 spiro atoms. The molecule has 0 aromatic heterocycles. The monoisotopic (exact) mass is 284 g/mol. The van der Waals surface area contributed by atoms with E-state index in [-0.39, 0.29) is 5.75 Å². The van der Waals surface area contributed by atoms with Crippen LogP contribution in [0.25, 0.3) is 0 Å². The zero-order chi connectivity index (χ0) is 14.3. The molecule has 2 N–H and O–H groups in total. The third-order valence-corrected chi connectivity index (χ3v) is 3.95. The molecule has 0 amide bonds. The number of sulfone groups is 1. The second kappa shape index (κ2) is 7.50. The Morgan fingerprint density at radius 3 is 2.32 bits per heavy atom. The summed E-state index contributed by atoms with van der Waals surface area (Å²) < 4.78 is 22.3. The molecule has 1 aromatic rings. The number of nitrogen functional groups attached to an aromatic ring is 1. The van der Waals surface area contributed by atoms with E-state index in [0.29, 0.717) is 6.42 Å². The largest absolute Gasteiger partial charge is 0.399 e. The number of hydrogen-bond donors (Lipinski definition) is 1. The smallest absolute Gasteiger partial charge is 0.147 e. The minimum Gasteiger partial charge on any atom is -0.399 e. The van der Waals surface area contributed by atoms with E-state index in [1.807, 2.05) is 24.3 Å². The van der Waals surface area contributed by atoms with Crippen molar-refractivity contribution in [2.45, 2.75) is 26.3 Å². The van der Waals surface area contributed by atoms with Crippen molar-refractivity contribution in [1.82, 2.24) is 4.90 Å². The van der Waals surface area contributed by atoms with Crippen LogP contribution in [-0.4, -0.2) is 38.4 Å². The van der Waals surface area contributed by atoms with Crippen molar-refractivity contribution in [3.63, 3.8) is 0 Å². The van der Waals surface area contributed by atoms with Gasteiger partial charge in [0, 0.05) is 18.5 Å². The second-order valence-corrected chi connectivity index (χ2v) is 7.26. The fourth-order valence-electron chi connectivity index (χ4n) is 2.02. The van der Waals surface area contributed by atoms with Crippen molar-refractivity contribution < 1.29 is 8.42 Å². The van der Waals surface area contributed by atoms with Crippen LogP contribution < -0.4 is 5.73 Å². The maximum Gasteiger partial charge on any atom is 0.147 e. The lowest BCUT2D eigenvalue weighted by atomic mass is 10.2. The highest BCUT2D eigenvalue weighted by Gasteiger charge is 2.07. The van der Waals surface area contributed by atoms with E-state index in [4.69, 9.17) is 5.73 Å². The molecular formula is C14H24N2O2S. The van der Waals surface area contributed by atoms with Gasteiger partial charge in [0.25, 0.3) is 0 Å². The SMILES string of the molecule is CCCN(CCCS(C)(=O)=O)Cc1ccc(N)cc1. The van der Waals surface area contributed by atoms with Crippen LogP contribution in [0.1, 0.15) is 25.3 Å². The lowest BCUT2D eigenvalue weighted by Crippen LogP contribution is -2.26. The first kappa shape index (κ1) is 16.0. The average Bonchev–Trinajstić information content (AvgIpc) is 2.30. The Kier molecular flexibility index (Phi) is 6.31. The standard InChI is InChI=1S/C14H24N2O2S/c1-3-9-16(10-4-11-19(2,17)18)12-13-5-7-14(15)8-6-13/h5-8H,3-4,9-12,15H2,1-2H3. The van der Waals surface area contributed by atoms with Gasteiger partial charge in [0.05, 0.1) is 5.75 Å². The number of hydrogen-bond acceptors (Lipinski definition) is 4. The van der Waals surface area contributed by atoms with E-state index in [2.05, 4.69) is 11.8 Å². The topological polar surface area (TPSA) is 63.4 Å². The molecule has 0 saturated heterocycles. The highest BCUT2D eigenvalue weighted by atomic mass is 32.2. The quantitative estimate of drug-likeness (QED) is 0.741. The number of anilines is 1. The molecule has 5 heteroatoms. The van der Waals surface area contributed by atoms with Gasteiger partial charge in [-0.15, -0.1) is 0 Å². The summed E-state index contributed by atoms with van der Waals surface area (Å²) in [6.45, 7) is 4.77. The molecule has 4 nitrogen and oxygen atoms in total. The van der Waals surface area contributed by atoms with Crippen LogP contribution in [0, 0.1) is 0 Å². The van der Waals surface area contributed by atoms with Crippen LogP contribution in [0.5, 0.6) is 0 Å². The minimum absolute atomic E-state index is 0.259. The summed E-state index contributed by atoms with van der Waals surface area (Å²) >= 11 is 0. The molecule has 0 fully saturated rings. The molecule has 0 saturated carbocycles. The first-order valence-electron chi connectivity index (χ1n) is 6.65. The Hall–Kier alpha value is -1.07. The molecule has 0 aliphatic rings. The Labute approximate surface area is 116 Å². The van der Waals surface area contributed by atoms with Gasteiger partial charge in [-0.3, -0.25) is 4.90 Å². The molecule has 0 aliphatic heterocycles. The van der Waals surface area contributed by atoms with E-state index >= 15 is 0 Å². The van der Waals surface area contributed by atoms with Gasteiger partial charge < -0.3 is 5.73 Å². The average molecular weight is 284 g/mol. The van der Waals surface area contributed by atoms with Gasteiger partial charge in [0.2, 0.25) is 0 Å². The van der Waals surface area contributed by atoms with E-state index < -0.39 is 9.84 Å². The first-order valence-corrected chi connectivity index (χ1v) is 8.71. The number of rotatable bonds is 8. The van der Waals surface area contributed by atoms with Crippen LogP contribution in [-0.2, 0) is 16.4 Å². The van der Waals surface area contributed by atoms with Crippen molar-refractivity contribution >= 4 is 15.5 Å². The van der Waals surface area contributed by atoms with Crippen LogP contribution >= 0.6 is 0 Å². The molecule has 1 aromatic carbocycles. The third-order valence-electron chi connectivity index (χ3n) is 2.92. The zero-order valence-corrected chi connectivity index (χ0v) is 12.6. The van der Waals surface area contributed by atoms with Gasteiger partial charge in [-0.2, -0.15) is 0 Å². The van der Waals surface area contributed by atoms with Gasteiger partial charge in [0.15, 0.2) is 0 Å².